The molecule has 2 fully saturated rings. The van der Waals surface area contributed by atoms with Crippen molar-refractivity contribution in [3.63, 3.8) is 0 Å². The van der Waals surface area contributed by atoms with Crippen LogP contribution in [0.3, 0.4) is 0 Å². The van der Waals surface area contributed by atoms with Crippen LogP contribution in [0.5, 0.6) is 0 Å². The van der Waals surface area contributed by atoms with E-state index in [1.54, 1.807) is 12.2 Å². The van der Waals surface area contributed by atoms with Crippen LogP contribution >= 0.6 is 0 Å². The van der Waals surface area contributed by atoms with Gasteiger partial charge in [-0.1, -0.05) is 12.2 Å². The van der Waals surface area contributed by atoms with Gasteiger partial charge in [0.25, 0.3) is 0 Å². The van der Waals surface area contributed by atoms with E-state index in [1.165, 1.54) is 0 Å². The molecule has 3 aliphatic rings. The molecule has 4 rings (SSSR count). The Morgan fingerprint density at radius 2 is 1.40 bits per heavy atom. The van der Waals surface area contributed by atoms with E-state index in [0.717, 1.165) is 31.8 Å². The first-order valence-corrected chi connectivity index (χ1v) is 8.61. The van der Waals surface area contributed by atoms with Crippen LogP contribution in [0.15, 0.2) is 18.2 Å². The minimum Gasteiger partial charge on any atom is -0.378 e. The van der Waals surface area contributed by atoms with Gasteiger partial charge < -0.3 is 19.3 Å². The fraction of sp³-hybridized carbons (Fsp3) is 0.529. The summed E-state index contributed by atoms with van der Waals surface area (Å²) in [4.78, 5) is 30.0. The highest BCUT2D eigenvalue weighted by Crippen LogP contribution is 2.24. The lowest BCUT2D eigenvalue weighted by atomic mass is 10.0. The van der Waals surface area contributed by atoms with Gasteiger partial charge in [0.2, 0.25) is 11.9 Å². The summed E-state index contributed by atoms with van der Waals surface area (Å²) in [5.41, 5.74) is 0.832. The van der Waals surface area contributed by atoms with Gasteiger partial charge in [0, 0.05) is 38.2 Å². The van der Waals surface area contributed by atoms with Crippen LogP contribution in [-0.4, -0.2) is 73.3 Å². The van der Waals surface area contributed by atoms with Crippen LogP contribution in [0.4, 0.5) is 11.9 Å². The molecule has 0 aromatic carbocycles. The van der Waals surface area contributed by atoms with Gasteiger partial charge in [-0.05, 0) is 6.08 Å². The van der Waals surface area contributed by atoms with E-state index < -0.39 is 0 Å². The number of carbonyl (C=O) groups excluding carboxylic acids is 1. The molecule has 8 heteroatoms. The number of carbonyl (C=O) groups is 1. The van der Waals surface area contributed by atoms with Crippen molar-refractivity contribution in [2.24, 2.45) is 0 Å². The summed E-state index contributed by atoms with van der Waals surface area (Å²) in [6, 6.07) is 0. The van der Waals surface area contributed by atoms with Crippen LogP contribution < -0.4 is 9.80 Å². The summed E-state index contributed by atoms with van der Waals surface area (Å²) in [5.74, 6) is 1.95. The van der Waals surface area contributed by atoms with Crippen LogP contribution in [0.2, 0.25) is 0 Å². The molecule has 0 bridgehead atoms. The number of hydrogen-bond donors (Lipinski definition) is 0. The van der Waals surface area contributed by atoms with Gasteiger partial charge in [0.05, 0.1) is 26.4 Å². The number of hydrogen-bond acceptors (Lipinski definition) is 8. The standard InChI is InChI=1S/C17H21N5O3/c23-14-3-1-2-13(12-14)15-18-16(21-4-8-24-9-5-21)20-17(19-15)22-6-10-25-11-7-22/h1-3H,4-12H2. The number of nitrogens with zero attached hydrogens (tertiary/aromatic N) is 5. The number of allylic oxidation sites excluding steroid dienone is 4. The second-order valence-corrected chi connectivity index (χ2v) is 6.15. The van der Waals surface area contributed by atoms with Crippen molar-refractivity contribution in [2.75, 3.05) is 62.4 Å². The van der Waals surface area contributed by atoms with Crippen molar-refractivity contribution in [1.82, 2.24) is 15.0 Å². The molecule has 1 aromatic heterocycles. The molecule has 8 nitrogen and oxygen atoms in total. The molecule has 132 valence electrons. The van der Waals surface area contributed by atoms with Crippen molar-refractivity contribution in [3.8, 4) is 0 Å². The first-order chi connectivity index (χ1) is 12.3. The Kier molecular flexibility index (Phi) is 4.71. The predicted molar refractivity (Wildman–Crippen MR) is 92.6 cm³/mol. The van der Waals surface area contributed by atoms with E-state index in [9.17, 15) is 4.79 Å². The first-order valence-electron chi connectivity index (χ1n) is 8.61. The molecule has 2 aliphatic heterocycles. The van der Waals surface area contributed by atoms with E-state index in [4.69, 9.17) is 9.47 Å². The maximum atomic E-state index is 11.8. The summed E-state index contributed by atoms with van der Waals surface area (Å²) in [6.45, 7) is 5.67. The van der Waals surface area contributed by atoms with Crippen molar-refractivity contribution >= 4 is 23.3 Å². The molecule has 1 aliphatic carbocycles. The lowest BCUT2D eigenvalue weighted by molar-refractivity contribution is -0.113. The Morgan fingerprint density at radius 3 is 1.92 bits per heavy atom. The molecule has 0 radical (unpaired) electrons. The van der Waals surface area contributed by atoms with Crippen molar-refractivity contribution in [2.45, 2.75) is 6.42 Å². The maximum absolute atomic E-state index is 11.8. The monoisotopic (exact) mass is 343 g/mol. The smallest absolute Gasteiger partial charge is 0.230 e. The Morgan fingerprint density at radius 1 is 0.840 bits per heavy atom. The summed E-state index contributed by atoms with van der Waals surface area (Å²) in [7, 11) is 0. The van der Waals surface area contributed by atoms with Gasteiger partial charge in [-0.2, -0.15) is 15.0 Å². The predicted octanol–water partition coefficient (Wildman–Crippen LogP) is 0.457. The number of ketones is 1. The maximum Gasteiger partial charge on any atom is 0.230 e. The Labute approximate surface area is 146 Å². The number of anilines is 2. The van der Waals surface area contributed by atoms with E-state index >= 15 is 0 Å². The van der Waals surface area contributed by atoms with Gasteiger partial charge >= 0.3 is 0 Å². The minimum atomic E-state index is 0.0683. The lowest BCUT2D eigenvalue weighted by Gasteiger charge is -2.30. The Hall–Kier alpha value is -2.32. The highest BCUT2D eigenvalue weighted by Gasteiger charge is 2.22. The van der Waals surface area contributed by atoms with Gasteiger partial charge in [0.15, 0.2) is 11.6 Å². The third kappa shape index (κ3) is 3.69. The molecule has 0 amide bonds. The molecule has 0 spiro atoms. The van der Waals surface area contributed by atoms with Gasteiger partial charge in [-0.3, -0.25) is 4.79 Å². The fourth-order valence-electron chi connectivity index (χ4n) is 3.04. The van der Waals surface area contributed by atoms with Gasteiger partial charge in [-0.15, -0.1) is 0 Å². The fourth-order valence-corrected chi connectivity index (χ4v) is 3.04. The minimum absolute atomic E-state index is 0.0683. The molecule has 2 saturated heterocycles. The van der Waals surface area contributed by atoms with Gasteiger partial charge in [-0.25, -0.2) is 0 Å². The van der Waals surface area contributed by atoms with E-state index in [-0.39, 0.29) is 5.78 Å². The topological polar surface area (TPSA) is 80.7 Å². The van der Waals surface area contributed by atoms with Crippen molar-refractivity contribution in [3.05, 3.63) is 24.1 Å². The highest BCUT2D eigenvalue weighted by atomic mass is 16.5. The Balaban J connectivity index is 1.70. The molecular formula is C17H21N5O3. The number of morpholine rings is 2. The number of aromatic nitrogens is 3. The second kappa shape index (κ2) is 7.28. The molecule has 0 N–H and O–H groups in total. The first kappa shape index (κ1) is 16.2. The number of rotatable bonds is 3. The molecule has 3 heterocycles. The SMILES string of the molecule is O=C1C=CC=C(c2nc(N3CCOCC3)nc(N3CCOCC3)n2)C1. The van der Waals surface area contributed by atoms with E-state index in [0.29, 0.717) is 50.6 Å². The second-order valence-electron chi connectivity index (χ2n) is 6.15. The largest absolute Gasteiger partial charge is 0.378 e. The summed E-state index contributed by atoms with van der Waals surface area (Å²) < 4.78 is 10.8. The summed E-state index contributed by atoms with van der Waals surface area (Å²) in [6.07, 6.45) is 5.57. The molecule has 1 aromatic rings. The van der Waals surface area contributed by atoms with Crippen LogP contribution in [0.1, 0.15) is 12.2 Å². The summed E-state index contributed by atoms with van der Waals surface area (Å²) >= 11 is 0. The van der Waals surface area contributed by atoms with E-state index in [1.807, 2.05) is 6.08 Å². The molecule has 0 saturated carbocycles. The van der Waals surface area contributed by atoms with Crippen molar-refractivity contribution < 1.29 is 14.3 Å². The third-order valence-electron chi connectivity index (χ3n) is 4.43. The van der Waals surface area contributed by atoms with Crippen LogP contribution in [0, 0.1) is 0 Å². The zero-order valence-corrected chi connectivity index (χ0v) is 14.1. The Bertz CT molecular complexity index is 670. The van der Waals surface area contributed by atoms with Crippen LogP contribution in [-0.2, 0) is 14.3 Å². The molecular weight excluding hydrogens is 322 g/mol. The zero-order valence-electron chi connectivity index (χ0n) is 14.1. The van der Waals surface area contributed by atoms with Crippen molar-refractivity contribution in [1.29, 1.82) is 0 Å². The normalized spacial score (nSPS) is 21.4. The average Bonchev–Trinajstić information content (AvgIpc) is 2.69. The molecule has 0 atom stereocenters. The third-order valence-corrected chi connectivity index (χ3v) is 4.43. The molecule has 25 heavy (non-hydrogen) atoms. The van der Waals surface area contributed by atoms with E-state index in [2.05, 4.69) is 24.8 Å². The van der Waals surface area contributed by atoms with Crippen LogP contribution in [0.25, 0.3) is 5.57 Å². The number of ether oxygens (including phenoxy) is 2. The lowest BCUT2D eigenvalue weighted by Crippen LogP contribution is -2.40. The quantitative estimate of drug-likeness (QED) is 0.783. The average molecular weight is 343 g/mol. The zero-order chi connectivity index (χ0) is 17.1. The highest BCUT2D eigenvalue weighted by molar-refractivity contribution is 5.99. The summed E-state index contributed by atoms with van der Waals surface area (Å²) in [5, 5.41) is 0. The molecule has 0 unspecified atom stereocenters. The van der Waals surface area contributed by atoms with Gasteiger partial charge in [0.1, 0.15) is 0 Å².